The number of nitrogens with two attached hydrogens (primary N) is 1. The predicted octanol–water partition coefficient (Wildman–Crippen LogP) is 2.33. The molecular formula is C10H9ClN2O. The number of allylic oxidation sites excluding steroid dienone is 1. The average molecular weight is 209 g/mol. The van der Waals surface area contributed by atoms with E-state index in [-0.39, 0.29) is 0 Å². The third kappa shape index (κ3) is 2.71. The summed E-state index contributed by atoms with van der Waals surface area (Å²) in [6, 6.07) is 4.88. The maximum Gasteiger partial charge on any atom is 0.152 e. The summed E-state index contributed by atoms with van der Waals surface area (Å²) in [5.41, 5.74) is 6.16. The van der Waals surface area contributed by atoms with E-state index in [1.165, 1.54) is 12.4 Å². The van der Waals surface area contributed by atoms with Gasteiger partial charge in [0.1, 0.15) is 0 Å². The highest BCUT2D eigenvalue weighted by molar-refractivity contribution is 6.31. The molecule has 3 nitrogen and oxygen atoms in total. The Morgan fingerprint density at radius 1 is 1.43 bits per heavy atom. The summed E-state index contributed by atoms with van der Waals surface area (Å²) in [7, 11) is 0. The summed E-state index contributed by atoms with van der Waals surface area (Å²) in [5, 5.41) is 0.541. The molecule has 1 aromatic carbocycles. The van der Waals surface area contributed by atoms with Crippen molar-refractivity contribution in [1.29, 1.82) is 0 Å². The van der Waals surface area contributed by atoms with Crippen LogP contribution in [0.3, 0.4) is 0 Å². The van der Waals surface area contributed by atoms with Crippen LogP contribution in [0.1, 0.15) is 10.4 Å². The smallest absolute Gasteiger partial charge is 0.152 e. The van der Waals surface area contributed by atoms with Crippen LogP contribution in [-0.4, -0.2) is 12.5 Å². The molecule has 14 heavy (non-hydrogen) atoms. The number of halogens is 1. The first-order valence-corrected chi connectivity index (χ1v) is 4.31. The zero-order chi connectivity index (χ0) is 10.4. The normalized spacial score (nSPS) is 11.2. The molecule has 0 aliphatic carbocycles. The van der Waals surface area contributed by atoms with Crippen molar-refractivity contribution in [3.05, 3.63) is 41.1 Å². The van der Waals surface area contributed by atoms with E-state index in [9.17, 15) is 4.79 Å². The lowest BCUT2D eigenvalue weighted by atomic mass is 10.2. The number of carbonyl (C=O) groups is 1. The Balaban J connectivity index is 3.04. The molecule has 0 unspecified atom stereocenters. The van der Waals surface area contributed by atoms with Gasteiger partial charge >= 0.3 is 0 Å². The first kappa shape index (κ1) is 10.5. The second-order valence-electron chi connectivity index (χ2n) is 2.48. The molecule has 0 aliphatic rings. The minimum absolute atomic E-state index is 0.496. The highest BCUT2D eigenvalue weighted by atomic mass is 35.5. The third-order valence-corrected chi connectivity index (χ3v) is 1.77. The number of rotatable bonds is 3. The Morgan fingerprint density at radius 3 is 2.86 bits per heavy atom. The molecule has 4 heteroatoms. The van der Waals surface area contributed by atoms with Crippen LogP contribution in [0.25, 0.3) is 0 Å². The molecule has 0 aromatic heterocycles. The van der Waals surface area contributed by atoms with Crippen LogP contribution in [-0.2, 0) is 0 Å². The first-order chi connectivity index (χ1) is 6.77. The van der Waals surface area contributed by atoms with Crippen molar-refractivity contribution in [2.75, 3.05) is 0 Å². The molecule has 0 spiro atoms. The van der Waals surface area contributed by atoms with Crippen LogP contribution in [0.15, 0.2) is 35.5 Å². The van der Waals surface area contributed by atoms with Crippen molar-refractivity contribution in [3.8, 4) is 0 Å². The van der Waals surface area contributed by atoms with Gasteiger partial charge in [0.25, 0.3) is 0 Å². The van der Waals surface area contributed by atoms with Gasteiger partial charge in [-0.1, -0.05) is 11.6 Å². The maximum absolute atomic E-state index is 10.6. The Labute approximate surface area is 86.9 Å². The predicted molar refractivity (Wildman–Crippen MR) is 58.3 cm³/mol. The van der Waals surface area contributed by atoms with E-state index < -0.39 is 0 Å². The van der Waals surface area contributed by atoms with Gasteiger partial charge in [0, 0.05) is 16.8 Å². The Bertz CT molecular complexity index is 386. The van der Waals surface area contributed by atoms with Gasteiger partial charge in [-0.3, -0.25) is 9.79 Å². The molecular weight excluding hydrogens is 200 g/mol. The fourth-order valence-corrected chi connectivity index (χ4v) is 1.07. The third-order valence-electron chi connectivity index (χ3n) is 1.53. The number of hydrogen-bond acceptors (Lipinski definition) is 3. The lowest BCUT2D eigenvalue weighted by Gasteiger charge is -1.97. The molecule has 0 atom stereocenters. The molecule has 0 heterocycles. The lowest BCUT2D eigenvalue weighted by molar-refractivity contribution is 0.112. The summed E-state index contributed by atoms with van der Waals surface area (Å²) in [6.07, 6.45) is 5.15. The molecule has 0 bridgehead atoms. The van der Waals surface area contributed by atoms with Crippen molar-refractivity contribution in [2.45, 2.75) is 0 Å². The van der Waals surface area contributed by atoms with Gasteiger partial charge in [-0.25, -0.2) is 0 Å². The minimum Gasteiger partial charge on any atom is -0.405 e. The monoisotopic (exact) mass is 208 g/mol. The largest absolute Gasteiger partial charge is 0.405 e. The highest BCUT2D eigenvalue weighted by Crippen LogP contribution is 2.21. The number of carbonyl (C=O) groups excluding carboxylic acids is 1. The molecule has 1 aromatic rings. The summed E-state index contributed by atoms with van der Waals surface area (Å²) >= 11 is 5.75. The fraction of sp³-hybridized carbons (Fsp3) is 0. The lowest BCUT2D eigenvalue weighted by Crippen LogP contribution is -1.81. The molecule has 72 valence electrons. The van der Waals surface area contributed by atoms with Crippen molar-refractivity contribution in [2.24, 2.45) is 10.7 Å². The van der Waals surface area contributed by atoms with E-state index in [0.717, 1.165) is 6.29 Å². The number of aldehydes is 1. The van der Waals surface area contributed by atoms with Crippen molar-refractivity contribution in [1.82, 2.24) is 0 Å². The number of nitrogens with zero attached hydrogens (tertiary/aromatic N) is 1. The molecule has 0 amide bonds. The molecule has 0 saturated heterocycles. The van der Waals surface area contributed by atoms with Crippen LogP contribution < -0.4 is 5.73 Å². The van der Waals surface area contributed by atoms with Crippen molar-refractivity contribution in [3.63, 3.8) is 0 Å². The second kappa shape index (κ2) is 5.19. The van der Waals surface area contributed by atoms with Crippen molar-refractivity contribution >= 4 is 29.8 Å². The molecule has 2 N–H and O–H groups in total. The van der Waals surface area contributed by atoms with Crippen LogP contribution in [0.5, 0.6) is 0 Å². The van der Waals surface area contributed by atoms with Gasteiger partial charge in [-0.15, -0.1) is 0 Å². The SMILES string of the molecule is N/C=C\C=Nc1cc(Cl)ccc1C=O. The van der Waals surface area contributed by atoms with Gasteiger partial charge < -0.3 is 5.73 Å². The Morgan fingerprint density at radius 2 is 2.21 bits per heavy atom. The van der Waals surface area contributed by atoms with Gasteiger partial charge in [0.15, 0.2) is 6.29 Å². The molecule has 0 saturated carbocycles. The van der Waals surface area contributed by atoms with Gasteiger partial charge in [0.05, 0.1) is 5.69 Å². The van der Waals surface area contributed by atoms with Gasteiger partial charge in [-0.2, -0.15) is 0 Å². The van der Waals surface area contributed by atoms with Crippen LogP contribution in [0, 0.1) is 0 Å². The minimum atomic E-state index is 0.496. The Kier molecular flexibility index (Phi) is 3.88. The van der Waals surface area contributed by atoms with Crippen LogP contribution in [0.2, 0.25) is 5.02 Å². The second-order valence-corrected chi connectivity index (χ2v) is 2.92. The summed E-state index contributed by atoms with van der Waals surface area (Å²) in [5.74, 6) is 0. The van der Waals surface area contributed by atoms with Gasteiger partial charge in [0.2, 0.25) is 0 Å². The Hall–Kier alpha value is -1.61. The first-order valence-electron chi connectivity index (χ1n) is 3.93. The van der Waals surface area contributed by atoms with E-state index in [4.69, 9.17) is 17.3 Å². The van der Waals surface area contributed by atoms with Crippen molar-refractivity contribution < 1.29 is 4.79 Å². The number of aliphatic imine (C=N–C) groups is 1. The fourth-order valence-electron chi connectivity index (χ4n) is 0.901. The molecule has 0 radical (unpaired) electrons. The topological polar surface area (TPSA) is 55.4 Å². The number of hydrogen-bond donors (Lipinski definition) is 1. The zero-order valence-corrected chi connectivity index (χ0v) is 8.11. The van der Waals surface area contributed by atoms with E-state index in [1.807, 2.05) is 0 Å². The highest BCUT2D eigenvalue weighted by Gasteiger charge is 1.99. The number of benzene rings is 1. The zero-order valence-electron chi connectivity index (χ0n) is 7.35. The quantitative estimate of drug-likeness (QED) is 0.612. The molecule has 0 aliphatic heterocycles. The van der Waals surface area contributed by atoms with Gasteiger partial charge in [-0.05, 0) is 30.5 Å². The van der Waals surface area contributed by atoms with E-state index >= 15 is 0 Å². The summed E-state index contributed by atoms with van der Waals surface area (Å²) < 4.78 is 0. The molecule has 0 fully saturated rings. The van der Waals surface area contributed by atoms with Crippen LogP contribution >= 0.6 is 11.6 Å². The van der Waals surface area contributed by atoms with E-state index in [0.29, 0.717) is 16.3 Å². The van der Waals surface area contributed by atoms with Crippen LogP contribution in [0.4, 0.5) is 5.69 Å². The summed E-state index contributed by atoms with van der Waals surface area (Å²) in [4.78, 5) is 14.6. The van der Waals surface area contributed by atoms with E-state index in [2.05, 4.69) is 4.99 Å². The average Bonchev–Trinajstić information content (AvgIpc) is 2.19. The molecule has 1 rings (SSSR count). The standard InChI is InChI=1S/C10H9ClN2O/c11-9-3-2-8(7-14)10(6-9)13-5-1-4-12/h1-7H,12H2/b4-1-,13-5?. The maximum atomic E-state index is 10.6. The van der Waals surface area contributed by atoms with E-state index in [1.54, 1.807) is 24.3 Å². The summed E-state index contributed by atoms with van der Waals surface area (Å²) in [6.45, 7) is 0.